The molecule has 5 heteroatoms. The zero-order chi connectivity index (χ0) is 28.6. The van der Waals surface area contributed by atoms with Gasteiger partial charge in [0.25, 0.3) is 0 Å². The van der Waals surface area contributed by atoms with Crippen LogP contribution < -0.4 is 0 Å². The van der Waals surface area contributed by atoms with Gasteiger partial charge in [-0.05, 0) is 0 Å². The SMILES string of the molecule is c1ccc(-c2ccc(-c3nc4ccc5ccc(-c6nc(-c7ccccc7)nc(-c7ccccc7)n6)cc5c4[se]3)cc2)cc1. The normalized spacial score (nSPS) is 11.3. The van der Waals surface area contributed by atoms with E-state index in [0.717, 1.165) is 26.8 Å². The zero-order valence-corrected chi connectivity index (χ0v) is 24.8. The van der Waals surface area contributed by atoms with Gasteiger partial charge in [0.15, 0.2) is 0 Å². The average Bonchev–Trinajstić information content (AvgIpc) is 3.54. The van der Waals surface area contributed by atoms with Crippen LogP contribution in [0.3, 0.4) is 0 Å². The Bertz CT molecular complexity index is 2150. The molecule has 6 aromatic carbocycles. The van der Waals surface area contributed by atoms with Gasteiger partial charge in [-0.15, -0.1) is 0 Å². The molecule has 8 rings (SSSR count). The summed E-state index contributed by atoms with van der Waals surface area (Å²) in [7, 11) is 0. The molecule has 0 aliphatic rings. The van der Waals surface area contributed by atoms with E-state index in [1.165, 1.54) is 31.7 Å². The molecule has 0 unspecified atom stereocenters. The fraction of sp³-hybridized carbons (Fsp3) is 0. The van der Waals surface area contributed by atoms with Crippen molar-refractivity contribution in [2.24, 2.45) is 0 Å². The molecule has 0 amide bonds. The maximum absolute atomic E-state index is 5.09. The van der Waals surface area contributed by atoms with Crippen LogP contribution in [0, 0.1) is 0 Å². The van der Waals surface area contributed by atoms with Crippen molar-refractivity contribution in [2.75, 3.05) is 0 Å². The number of benzene rings is 6. The molecule has 202 valence electrons. The molecule has 0 N–H and O–H groups in total. The van der Waals surface area contributed by atoms with Gasteiger partial charge >= 0.3 is 256 Å². The van der Waals surface area contributed by atoms with Gasteiger partial charge in [-0.2, -0.15) is 0 Å². The van der Waals surface area contributed by atoms with Crippen LogP contribution in [0.2, 0.25) is 0 Å². The molecule has 0 fully saturated rings. The van der Waals surface area contributed by atoms with Crippen molar-refractivity contribution in [3.8, 4) is 55.4 Å². The van der Waals surface area contributed by atoms with Gasteiger partial charge in [-0.3, -0.25) is 0 Å². The summed E-state index contributed by atoms with van der Waals surface area (Å²) in [5.74, 6) is 1.99. The van der Waals surface area contributed by atoms with E-state index in [4.69, 9.17) is 19.9 Å². The van der Waals surface area contributed by atoms with E-state index < -0.39 is 0 Å². The third-order valence-electron chi connectivity index (χ3n) is 7.57. The Morgan fingerprint density at radius 3 is 1.44 bits per heavy atom. The van der Waals surface area contributed by atoms with Crippen LogP contribution in [0.5, 0.6) is 0 Å². The molecule has 43 heavy (non-hydrogen) atoms. The summed E-state index contributed by atoms with van der Waals surface area (Å²) in [6, 6.07) is 50.3. The summed E-state index contributed by atoms with van der Waals surface area (Å²) >= 11 is 0.0746. The van der Waals surface area contributed by atoms with Crippen LogP contribution in [0.1, 0.15) is 0 Å². The maximum atomic E-state index is 5.09. The molecular formula is C38H24N4Se. The molecule has 0 atom stereocenters. The van der Waals surface area contributed by atoms with E-state index in [2.05, 4.69) is 78.9 Å². The molecule has 4 nitrogen and oxygen atoms in total. The first kappa shape index (κ1) is 25.5. The molecule has 2 aromatic heterocycles. The van der Waals surface area contributed by atoms with Crippen molar-refractivity contribution in [3.63, 3.8) is 0 Å². The van der Waals surface area contributed by atoms with Crippen molar-refractivity contribution in [1.82, 2.24) is 19.9 Å². The van der Waals surface area contributed by atoms with E-state index in [9.17, 15) is 0 Å². The Labute approximate surface area is 255 Å². The molecule has 8 aromatic rings. The molecule has 2 heterocycles. The first-order valence-corrected chi connectivity index (χ1v) is 15.9. The van der Waals surface area contributed by atoms with E-state index in [0.29, 0.717) is 17.5 Å². The Hall–Kier alpha value is -5.22. The molecule has 0 aliphatic carbocycles. The zero-order valence-electron chi connectivity index (χ0n) is 23.1. The molecule has 0 bridgehead atoms. The van der Waals surface area contributed by atoms with E-state index >= 15 is 0 Å². The number of hydrogen-bond acceptors (Lipinski definition) is 4. The fourth-order valence-corrected chi connectivity index (χ4v) is 7.64. The molecule has 0 radical (unpaired) electrons. The van der Waals surface area contributed by atoms with Gasteiger partial charge in [-0.1, -0.05) is 0 Å². The quantitative estimate of drug-likeness (QED) is 0.181. The van der Waals surface area contributed by atoms with Crippen LogP contribution in [0.25, 0.3) is 76.0 Å². The third-order valence-corrected chi connectivity index (χ3v) is 9.99. The second-order valence-electron chi connectivity index (χ2n) is 10.4. The van der Waals surface area contributed by atoms with Crippen molar-refractivity contribution >= 4 is 35.1 Å². The molecule has 0 spiro atoms. The first-order valence-electron chi connectivity index (χ1n) is 14.1. The Morgan fingerprint density at radius 2 is 0.837 bits per heavy atom. The molecular weight excluding hydrogens is 591 g/mol. The first-order chi connectivity index (χ1) is 21.3. The average molecular weight is 616 g/mol. The summed E-state index contributed by atoms with van der Waals surface area (Å²) < 4.78 is 2.45. The molecule has 0 saturated carbocycles. The van der Waals surface area contributed by atoms with Crippen LogP contribution in [0.4, 0.5) is 0 Å². The van der Waals surface area contributed by atoms with E-state index in [1.807, 2.05) is 66.7 Å². The molecule has 0 saturated heterocycles. The number of aromatic nitrogens is 4. The van der Waals surface area contributed by atoms with Crippen molar-refractivity contribution in [3.05, 3.63) is 146 Å². The van der Waals surface area contributed by atoms with Crippen molar-refractivity contribution < 1.29 is 0 Å². The minimum atomic E-state index is 0.0746. The number of nitrogens with zero attached hydrogens (tertiary/aromatic N) is 4. The predicted molar refractivity (Wildman–Crippen MR) is 177 cm³/mol. The topological polar surface area (TPSA) is 51.6 Å². The third kappa shape index (κ3) is 4.95. The van der Waals surface area contributed by atoms with Gasteiger partial charge in [0.05, 0.1) is 0 Å². The summed E-state index contributed by atoms with van der Waals surface area (Å²) in [6.45, 7) is 0. The Balaban J connectivity index is 1.23. The van der Waals surface area contributed by atoms with Gasteiger partial charge in [0.2, 0.25) is 0 Å². The Kier molecular flexibility index (Phi) is 6.45. The second-order valence-corrected chi connectivity index (χ2v) is 12.4. The van der Waals surface area contributed by atoms with Crippen molar-refractivity contribution in [1.29, 1.82) is 0 Å². The van der Waals surface area contributed by atoms with Crippen LogP contribution in [0.15, 0.2) is 146 Å². The summed E-state index contributed by atoms with van der Waals surface area (Å²) in [6.07, 6.45) is 0. The Morgan fingerprint density at radius 1 is 0.372 bits per heavy atom. The van der Waals surface area contributed by atoms with E-state index in [1.54, 1.807) is 0 Å². The number of hydrogen-bond donors (Lipinski definition) is 0. The monoisotopic (exact) mass is 616 g/mol. The van der Waals surface area contributed by atoms with Crippen LogP contribution in [-0.4, -0.2) is 34.4 Å². The van der Waals surface area contributed by atoms with Gasteiger partial charge < -0.3 is 0 Å². The van der Waals surface area contributed by atoms with Crippen molar-refractivity contribution in [2.45, 2.75) is 0 Å². The van der Waals surface area contributed by atoms with Gasteiger partial charge in [-0.25, -0.2) is 0 Å². The predicted octanol–water partition coefficient (Wildman–Crippen LogP) is 8.96. The standard InChI is InChI=1S/C38H24N4Se/c1-4-10-25(11-5-1)26-16-19-30(20-17-26)38-39-33-23-22-27-18-21-31(24-32(27)34(33)43-38)37-41-35(28-12-6-2-7-13-28)40-36(42-37)29-14-8-3-9-15-29/h1-24H. The summed E-state index contributed by atoms with van der Waals surface area (Å²) in [5, 5.41) is 2.40. The minimum absolute atomic E-state index is 0.0746. The number of fused-ring (bicyclic) bond motifs is 3. The van der Waals surface area contributed by atoms with Gasteiger partial charge in [0.1, 0.15) is 0 Å². The summed E-state index contributed by atoms with van der Waals surface area (Å²) in [4.78, 5) is 19.8. The molecule has 0 aliphatic heterocycles. The van der Waals surface area contributed by atoms with E-state index in [-0.39, 0.29) is 14.5 Å². The summed E-state index contributed by atoms with van der Waals surface area (Å²) in [5.41, 5.74) is 7.56. The number of rotatable bonds is 5. The fourth-order valence-electron chi connectivity index (χ4n) is 5.34. The van der Waals surface area contributed by atoms with Crippen LogP contribution in [-0.2, 0) is 0 Å². The van der Waals surface area contributed by atoms with Gasteiger partial charge in [0, 0.05) is 0 Å². The second kappa shape index (κ2) is 10.9. The van der Waals surface area contributed by atoms with Crippen LogP contribution >= 0.6 is 0 Å².